The first-order chi connectivity index (χ1) is 17.0. The molecule has 0 bridgehead atoms. The van der Waals surface area contributed by atoms with Crippen molar-refractivity contribution in [1.29, 1.82) is 0 Å². The molecule has 2 saturated heterocycles. The maximum atomic E-state index is 12.5. The number of anilines is 2. The second-order valence-electron chi connectivity index (χ2n) is 8.91. The number of hydrogen-bond donors (Lipinski definition) is 1. The standard InChI is InChI=1S/C26H29N5O3S/c1-2-18-3-8-21-22(17-18)35-26(28-21)30-15-13-29(14-16-30)12-11-27-25(34)19-4-6-20(7-5-19)31-23(32)9-10-24(31)33/h3-8,17H,2,9-16H2,1H3,(H,27,34). The Bertz CT molecular complexity index is 1230. The van der Waals surface area contributed by atoms with E-state index >= 15 is 0 Å². The summed E-state index contributed by atoms with van der Waals surface area (Å²) in [5.74, 6) is -0.544. The van der Waals surface area contributed by atoms with Crippen molar-refractivity contribution in [2.75, 3.05) is 49.1 Å². The third-order valence-electron chi connectivity index (χ3n) is 6.65. The molecule has 1 N–H and O–H groups in total. The fourth-order valence-corrected chi connectivity index (χ4v) is 5.61. The van der Waals surface area contributed by atoms with Gasteiger partial charge in [0.25, 0.3) is 5.91 Å². The van der Waals surface area contributed by atoms with E-state index in [0.717, 1.165) is 49.8 Å². The number of amides is 3. The first kappa shape index (κ1) is 23.4. The number of aryl methyl sites for hydroxylation is 1. The summed E-state index contributed by atoms with van der Waals surface area (Å²) in [4.78, 5) is 47.0. The van der Waals surface area contributed by atoms with Crippen molar-refractivity contribution in [3.8, 4) is 0 Å². The Hall–Kier alpha value is -3.30. The molecule has 0 aliphatic carbocycles. The Morgan fingerprint density at radius 1 is 1.00 bits per heavy atom. The van der Waals surface area contributed by atoms with E-state index in [-0.39, 0.29) is 30.6 Å². The van der Waals surface area contributed by atoms with Crippen LogP contribution in [-0.2, 0) is 16.0 Å². The number of benzene rings is 2. The molecule has 35 heavy (non-hydrogen) atoms. The lowest BCUT2D eigenvalue weighted by molar-refractivity contribution is -0.121. The average Bonchev–Trinajstić information content (AvgIpc) is 3.46. The Morgan fingerprint density at radius 3 is 2.40 bits per heavy atom. The van der Waals surface area contributed by atoms with Crippen LogP contribution in [0.15, 0.2) is 42.5 Å². The minimum Gasteiger partial charge on any atom is -0.351 e. The van der Waals surface area contributed by atoms with E-state index in [2.05, 4.69) is 40.2 Å². The molecule has 182 valence electrons. The monoisotopic (exact) mass is 491 g/mol. The van der Waals surface area contributed by atoms with Crippen LogP contribution >= 0.6 is 11.3 Å². The largest absolute Gasteiger partial charge is 0.351 e. The lowest BCUT2D eigenvalue weighted by Gasteiger charge is -2.34. The molecule has 1 aromatic heterocycles. The number of piperazine rings is 1. The van der Waals surface area contributed by atoms with Crippen LogP contribution in [0.2, 0.25) is 0 Å². The zero-order valence-corrected chi connectivity index (χ0v) is 20.6. The SMILES string of the molecule is CCc1ccc2nc(N3CCN(CCNC(=O)c4ccc(N5C(=O)CCC5=O)cc4)CC3)sc2c1. The van der Waals surface area contributed by atoms with E-state index in [9.17, 15) is 14.4 Å². The molecule has 0 saturated carbocycles. The lowest BCUT2D eigenvalue weighted by Crippen LogP contribution is -2.48. The zero-order valence-electron chi connectivity index (χ0n) is 19.8. The summed E-state index contributed by atoms with van der Waals surface area (Å²) in [6, 6.07) is 13.1. The van der Waals surface area contributed by atoms with E-state index in [1.165, 1.54) is 15.2 Å². The molecule has 9 heteroatoms. The molecule has 0 atom stereocenters. The highest BCUT2D eigenvalue weighted by Crippen LogP contribution is 2.30. The number of fused-ring (bicyclic) bond motifs is 1. The summed E-state index contributed by atoms with van der Waals surface area (Å²) in [5, 5.41) is 4.06. The molecule has 2 aliphatic rings. The second kappa shape index (κ2) is 10.1. The van der Waals surface area contributed by atoms with Gasteiger partial charge in [0.2, 0.25) is 11.8 Å². The third-order valence-corrected chi connectivity index (χ3v) is 7.72. The molecule has 0 unspecified atom stereocenters. The number of nitrogens with zero attached hydrogens (tertiary/aromatic N) is 4. The number of rotatable bonds is 7. The van der Waals surface area contributed by atoms with Crippen molar-refractivity contribution in [3.05, 3.63) is 53.6 Å². The molecule has 2 aromatic carbocycles. The summed E-state index contributed by atoms with van der Waals surface area (Å²) in [7, 11) is 0. The summed E-state index contributed by atoms with van der Waals surface area (Å²) in [6.07, 6.45) is 1.52. The highest BCUT2D eigenvalue weighted by molar-refractivity contribution is 7.22. The molecule has 3 heterocycles. The van der Waals surface area contributed by atoms with Crippen molar-refractivity contribution in [1.82, 2.24) is 15.2 Å². The van der Waals surface area contributed by atoms with Crippen LogP contribution < -0.4 is 15.1 Å². The minimum atomic E-state index is -0.193. The van der Waals surface area contributed by atoms with Crippen LogP contribution in [0, 0.1) is 0 Å². The summed E-state index contributed by atoms with van der Waals surface area (Å²) in [5.41, 5.74) is 3.44. The van der Waals surface area contributed by atoms with Gasteiger partial charge in [-0.1, -0.05) is 24.3 Å². The highest BCUT2D eigenvalue weighted by atomic mass is 32.1. The van der Waals surface area contributed by atoms with E-state index in [1.54, 1.807) is 35.6 Å². The van der Waals surface area contributed by atoms with Crippen LogP contribution in [0.3, 0.4) is 0 Å². The van der Waals surface area contributed by atoms with E-state index in [0.29, 0.717) is 17.8 Å². The predicted molar refractivity (Wildman–Crippen MR) is 138 cm³/mol. The normalized spacial score (nSPS) is 16.9. The molecule has 2 aliphatic heterocycles. The van der Waals surface area contributed by atoms with Crippen molar-refractivity contribution in [2.45, 2.75) is 26.2 Å². The quantitative estimate of drug-likeness (QED) is 0.512. The average molecular weight is 492 g/mol. The smallest absolute Gasteiger partial charge is 0.251 e. The van der Waals surface area contributed by atoms with Crippen molar-refractivity contribution < 1.29 is 14.4 Å². The Morgan fingerprint density at radius 2 is 1.71 bits per heavy atom. The topological polar surface area (TPSA) is 85.8 Å². The number of nitrogens with one attached hydrogen (secondary N) is 1. The Kier molecular flexibility index (Phi) is 6.79. The molecule has 0 radical (unpaired) electrons. The highest BCUT2D eigenvalue weighted by Gasteiger charge is 2.30. The second-order valence-corrected chi connectivity index (χ2v) is 9.92. The van der Waals surface area contributed by atoms with E-state index < -0.39 is 0 Å². The number of aromatic nitrogens is 1. The molecule has 2 fully saturated rings. The van der Waals surface area contributed by atoms with Gasteiger partial charge in [-0.3, -0.25) is 24.2 Å². The fraction of sp³-hybridized carbons (Fsp3) is 0.385. The number of hydrogen-bond acceptors (Lipinski definition) is 7. The first-order valence-electron chi connectivity index (χ1n) is 12.1. The van der Waals surface area contributed by atoms with Crippen molar-refractivity contribution >= 4 is 50.1 Å². The molecule has 3 aromatic rings. The number of imide groups is 1. The molecule has 5 rings (SSSR count). The van der Waals surface area contributed by atoms with Gasteiger partial charge in [0.05, 0.1) is 15.9 Å². The number of thiazole rings is 1. The van der Waals surface area contributed by atoms with Gasteiger partial charge >= 0.3 is 0 Å². The molecule has 0 spiro atoms. The van der Waals surface area contributed by atoms with Crippen molar-refractivity contribution in [3.63, 3.8) is 0 Å². The van der Waals surface area contributed by atoms with Crippen LogP contribution in [-0.4, -0.2) is 66.9 Å². The molecule has 8 nitrogen and oxygen atoms in total. The first-order valence-corrected chi connectivity index (χ1v) is 12.9. The maximum absolute atomic E-state index is 12.5. The van der Waals surface area contributed by atoms with Gasteiger partial charge in [0, 0.05) is 57.7 Å². The minimum absolute atomic E-state index is 0.157. The van der Waals surface area contributed by atoms with E-state index in [1.807, 2.05) is 0 Å². The predicted octanol–water partition coefficient (Wildman–Crippen LogP) is 3.06. The molecule has 3 amide bonds. The number of carbonyl (C=O) groups excluding carboxylic acids is 3. The Labute approximate surface area is 208 Å². The van der Waals surface area contributed by atoms with Crippen LogP contribution in [0.5, 0.6) is 0 Å². The Balaban J connectivity index is 1.08. The maximum Gasteiger partial charge on any atom is 0.251 e. The van der Waals surface area contributed by atoms with Gasteiger partial charge < -0.3 is 10.2 Å². The van der Waals surface area contributed by atoms with Gasteiger partial charge in [-0.2, -0.15) is 0 Å². The van der Waals surface area contributed by atoms with Gasteiger partial charge in [-0.15, -0.1) is 0 Å². The fourth-order valence-electron chi connectivity index (χ4n) is 4.53. The molecular weight excluding hydrogens is 462 g/mol. The lowest BCUT2D eigenvalue weighted by atomic mass is 10.2. The van der Waals surface area contributed by atoms with E-state index in [4.69, 9.17) is 4.98 Å². The summed E-state index contributed by atoms with van der Waals surface area (Å²) >= 11 is 1.76. The zero-order chi connectivity index (χ0) is 24.4. The summed E-state index contributed by atoms with van der Waals surface area (Å²) < 4.78 is 1.25. The molecular formula is C26H29N5O3S. The number of carbonyl (C=O) groups is 3. The third kappa shape index (κ3) is 5.06. The van der Waals surface area contributed by atoms with Gasteiger partial charge in [-0.05, 0) is 48.4 Å². The van der Waals surface area contributed by atoms with Gasteiger partial charge in [-0.25, -0.2) is 4.98 Å². The van der Waals surface area contributed by atoms with Crippen LogP contribution in [0.25, 0.3) is 10.2 Å². The van der Waals surface area contributed by atoms with Crippen LogP contribution in [0.1, 0.15) is 35.7 Å². The van der Waals surface area contributed by atoms with Gasteiger partial charge in [0.1, 0.15) is 0 Å². The summed E-state index contributed by atoms with van der Waals surface area (Å²) in [6.45, 7) is 7.21. The van der Waals surface area contributed by atoms with Gasteiger partial charge in [0.15, 0.2) is 5.13 Å². The van der Waals surface area contributed by atoms with Crippen LogP contribution in [0.4, 0.5) is 10.8 Å². The van der Waals surface area contributed by atoms with Crippen molar-refractivity contribution in [2.24, 2.45) is 0 Å².